The molecule has 1 unspecified atom stereocenters. The van der Waals surface area contributed by atoms with E-state index in [9.17, 15) is 18.8 Å². The molecule has 0 aliphatic carbocycles. The summed E-state index contributed by atoms with van der Waals surface area (Å²) < 4.78 is 15.2. The molecule has 2 aromatic rings. The van der Waals surface area contributed by atoms with E-state index in [1.54, 1.807) is 19.1 Å². The highest BCUT2D eigenvalue weighted by Crippen LogP contribution is 2.21. The molecule has 0 saturated carbocycles. The number of amides is 1. The van der Waals surface area contributed by atoms with Gasteiger partial charge >= 0.3 is 5.69 Å². The summed E-state index contributed by atoms with van der Waals surface area (Å²) in [6.45, 7) is 5.59. The van der Waals surface area contributed by atoms with Gasteiger partial charge in [0, 0.05) is 13.5 Å². The fourth-order valence-electron chi connectivity index (χ4n) is 2.26. The molecule has 0 bridgehead atoms. The van der Waals surface area contributed by atoms with Gasteiger partial charge in [-0.3, -0.25) is 9.36 Å². The van der Waals surface area contributed by atoms with E-state index in [4.69, 9.17) is 0 Å². The van der Waals surface area contributed by atoms with E-state index in [0.717, 1.165) is 0 Å². The molecular weight excluding hydrogens is 301 g/mol. The van der Waals surface area contributed by atoms with Crippen LogP contribution in [-0.4, -0.2) is 28.8 Å². The molecule has 0 spiro atoms. The number of rotatable bonds is 5. The van der Waals surface area contributed by atoms with Gasteiger partial charge in [0.05, 0.1) is 11.6 Å². The number of aryl methyl sites for hydroxylation is 1. The van der Waals surface area contributed by atoms with Crippen LogP contribution in [0.2, 0.25) is 0 Å². The number of hydrogen-bond donors (Lipinski definition) is 2. The van der Waals surface area contributed by atoms with Crippen LogP contribution in [0.1, 0.15) is 38.3 Å². The normalized spacial score (nSPS) is 11.5. The lowest BCUT2D eigenvalue weighted by atomic mass is 10.1. The fraction of sp³-hybridized carbons (Fsp3) is 0.438. The van der Waals surface area contributed by atoms with Crippen LogP contribution >= 0.6 is 0 Å². The number of fused-ring (bicyclic) bond motifs is 1. The van der Waals surface area contributed by atoms with Crippen LogP contribution < -0.4 is 11.0 Å². The molecule has 0 fully saturated rings. The summed E-state index contributed by atoms with van der Waals surface area (Å²) in [5.74, 6) is -0.740. The number of H-pyrrole nitrogens is 1. The average molecular weight is 323 g/mol. The third-order valence-corrected chi connectivity index (χ3v) is 3.46. The Labute approximate surface area is 133 Å². The summed E-state index contributed by atoms with van der Waals surface area (Å²) in [5, 5.41) is 2.45. The Bertz CT molecular complexity index is 749. The summed E-state index contributed by atoms with van der Waals surface area (Å²) in [7, 11) is 1.49. The molecule has 7 heteroatoms. The van der Waals surface area contributed by atoms with Crippen LogP contribution in [0.25, 0.3) is 11.0 Å². The molecule has 1 atom stereocenters. The highest BCUT2D eigenvalue weighted by atomic mass is 19.1. The molecule has 126 valence electrons. The monoisotopic (exact) mass is 323 g/mol. The number of aromatic nitrogens is 2. The first-order chi connectivity index (χ1) is 11.0. The second kappa shape index (κ2) is 8.26. The topological polar surface area (TPSA) is 84.0 Å². The molecule has 0 aliphatic heterocycles. The van der Waals surface area contributed by atoms with Gasteiger partial charge in [0.1, 0.15) is 11.8 Å². The van der Waals surface area contributed by atoms with E-state index >= 15 is 0 Å². The number of imidazole rings is 1. The number of carbonyl (C=O) groups excluding carboxylic acids is 2. The predicted molar refractivity (Wildman–Crippen MR) is 87.0 cm³/mol. The second-order valence-corrected chi connectivity index (χ2v) is 4.81. The van der Waals surface area contributed by atoms with Crippen molar-refractivity contribution >= 4 is 23.2 Å². The molecule has 6 nitrogen and oxygen atoms in total. The smallest absolute Gasteiger partial charge is 0.327 e. The third kappa shape index (κ3) is 3.85. The Morgan fingerprint density at radius 1 is 1.43 bits per heavy atom. The van der Waals surface area contributed by atoms with Crippen molar-refractivity contribution in [1.82, 2.24) is 14.9 Å². The summed E-state index contributed by atoms with van der Waals surface area (Å²) in [6.07, 6.45) is 0.869. The SMILES string of the molecule is CC.CNC(=O)CCC(C=O)n1c(=O)[nH]c2c(F)c(C)ccc21. The van der Waals surface area contributed by atoms with Crippen LogP contribution in [-0.2, 0) is 9.59 Å². The van der Waals surface area contributed by atoms with Crippen LogP contribution in [0.4, 0.5) is 4.39 Å². The Kier molecular flexibility index (Phi) is 6.68. The highest BCUT2D eigenvalue weighted by molar-refractivity contribution is 5.79. The van der Waals surface area contributed by atoms with Crippen molar-refractivity contribution in [3.63, 3.8) is 0 Å². The van der Waals surface area contributed by atoms with Crippen molar-refractivity contribution in [2.45, 2.75) is 39.7 Å². The number of nitrogens with one attached hydrogen (secondary N) is 2. The van der Waals surface area contributed by atoms with E-state index in [1.807, 2.05) is 13.8 Å². The molecule has 1 aromatic carbocycles. The summed E-state index contributed by atoms with van der Waals surface area (Å²) in [6, 6.07) is 2.31. The molecule has 1 heterocycles. The van der Waals surface area contributed by atoms with E-state index in [-0.39, 0.29) is 24.3 Å². The zero-order valence-corrected chi connectivity index (χ0v) is 13.8. The lowest BCUT2D eigenvalue weighted by Crippen LogP contribution is -2.25. The van der Waals surface area contributed by atoms with Gasteiger partial charge in [0.25, 0.3) is 0 Å². The standard InChI is InChI=1S/C14H16FN3O3.C2H6/c1-8-3-5-10-13(12(8)15)17-14(21)18(10)9(7-19)4-6-11(20)16-2;1-2/h3,5,7,9H,4,6H2,1-2H3,(H,16,20)(H,17,21);1-2H3. The molecule has 2 rings (SSSR count). The molecule has 0 radical (unpaired) electrons. The molecule has 0 saturated heterocycles. The van der Waals surface area contributed by atoms with Gasteiger partial charge in [0.2, 0.25) is 5.91 Å². The van der Waals surface area contributed by atoms with E-state index in [0.29, 0.717) is 17.4 Å². The van der Waals surface area contributed by atoms with Gasteiger partial charge < -0.3 is 15.1 Å². The van der Waals surface area contributed by atoms with Crippen LogP contribution in [0, 0.1) is 12.7 Å². The van der Waals surface area contributed by atoms with Crippen LogP contribution in [0.5, 0.6) is 0 Å². The molecule has 2 N–H and O–H groups in total. The predicted octanol–water partition coefficient (Wildman–Crippen LogP) is 2.07. The number of carbonyl (C=O) groups is 2. The third-order valence-electron chi connectivity index (χ3n) is 3.46. The van der Waals surface area contributed by atoms with Gasteiger partial charge in [-0.25, -0.2) is 9.18 Å². The van der Waals surface area contributed by atoms with Crippen molar-refractivity contribution in [1.29, 1.82) is 0 Å². The van der Waals surface area contributed by atoms with Crippen LogP contribution in [0.15, 0.2) is 16.9 Å². The summed E-state index contributed by atoms with van der Waals surface area (Å²) in [4.78, 5) is 36.9. The highest BCUT2D eigenvalue weighted by Gasteiger charge is 2.19. The number of aldehydes is 1. The largest absolute Gasteiger partial charge is 0.359 e. The zero-order chi connectivity index (χ0) is 17.6. The minimum absolute atomic E-state index is 0.0757. The lowest BCUT2D eigenvalue weighted by molar-refractivity contribution is -0.121. The number of nitrogens with zero attached hydrogens (tertiary/aromatic N) is 1. The first kappa shape index (κ1) is 18.6. The molecule has 0 aliphatic rings. The van der Waals surface area contributed by atoms with Crippen molar-refractivity contribution in [3.8, 4) is 0 Å². The van der Waals surface area contributed by atoms with Crippen molar-refractivity contribution in [2.75, 3.05) is 7.05 Å². The van der Waals surface area contributed by atoms with Crippen molar-refractivity contribution in [2.24, 2.45) is 0 Å². The van der Waals surface area contributed by atoms with Gasteiger partial charge in [0.15, 0.2) is 5.82 Å². The maximum Gasteiger partial charge on any atom is 0.327 e. The van der Waals surface area contributed by atoms with E-state index in [2.05, 4.69) is 10.3 Å². The maximum absolute atomic E-state index is 14.0. The first-order valence-corrected chi connectivity index (χ1v) is 7.54. The molecule has 1 aromatic heterocycles. The van der Waals surface area contributed by atoms with Crippen LogP contribution in [0.3, 0.4) is 0 Å². The summed E-state index contributed by atoms with van der Waals surface area (Å²) >= 11 is 0. The number of hydrogen-bond acceptors (Lipinski definition) is 3. The summed E-state index contributed by atoms with van der Waals surface area (Å²) in [5.41, 5.74) is 0.233. The van der Waals surface area contributed by atoms with Crippen molar-refractivity contribution in [3.05, 3.63) is 34.0 Å². The Morgan fingerprint density at radius 3 is 2.65 bits per heavy atom. The number of halogens is 1. The molecular formula is C16H22FN3O3. The minimum Gasteiger partial charge on any atom is -0.359 e. The maximum atomic E-state index is 14.0. The molecule has 1 amide bonds. The van der Waals surface area contributed by atoms with Gasteiger partial charge in [-0.05, 0) is 25.0 Å². The fourth-order valence-corrected chi connectivity index (χ4v) is 2.26. The Hall–Kier alpha value is -2.44. The Balaban J connectivity index is 0.00000127. The van der Waals surface area contributed by atoms with Crippen molar-refractivity contribution < 1.29 is 14.0 Å². The molecule has 23 heavy (non-hydrogen) atoms. The quantitative estimate of drug-likeness (QED) is 0.826. The second-order valence-electron chi connectivity index (χ2n) is 4.81. The van der Waals surface area contributed by atoms with Gasteiger partial charge in [-0.2, -0.15) is 0 Å². The lowest BCUT2D eigenvalue weighted by Gasteiger charge is -2.12. The van der Waals surface area contributed by atoms with E-state index < -0.39 is 17.5 Å². The average Bonchev–Trinajstić information content (AvgIpc) is 2.90. The zero-order valence-electron chi connectivity index (χ0n) is 13.8. The van der Waals surface area contributed by atoms with Gasteiger partial charge in [-0.1, -0.05) is 19.9 Å². The minimum atomic E-state index is -0.814. The van der Waals surface area contributed by atoms with E-state index in [1.165, 1.54) is 11.6 Å². The first-order valence-electron chi connectivity index (χ1n) is 7.54. The van der Waals surface area contributed by atoms with Gasteiger partial charge in [-0.15, -0.1) is 0 Å². The number of benzene rings is 1. The number of aromatic amines is 1. The Morgan fingerprint density at radius 2 is 2.09 bits per heavy atom.